The second kappa shape index (κ2) is 9.64. The van der Waals surface area contributed by atoms with E-state index in [1.54, 1.807) is 31.3 Å². The molecule has 1 saturated heterocycles. The van der Waals surface area contributed by atoms with Crippen molar-refractivity contribution in [2.24, 2.45) is 29.7 Å². The standard InChI is InChI=1S/C28H32F3N5O4/c1-26(2,3)22(34-25(40)28(29,30)31)24(39)36-13-16-20(27(16,4)5)21(36)23(38)33-17(12-32)15-11-19(37)35(6)18-10-8-7-9-14(15)18/h7-11,16-17,20-22H,13H2,1-6H3,(H,33,38)(H,34,40)/t16-,17?,20-,21-,22+/m0/s1. The van der Waals surface area contributed by atoms with Crippen LogP contribution >= 0.6 is 0 Å². The van der Waals surface area contributed by atoms with Crippen LogP contribution in [0.1, 0.15) is 46.2 Å². The van der Waals surface area contributed by atoms with Gasteiger partial charge in [0, 0.05) is 30.6 Å². The molecule has 1 aliphatic heterocycles. The molecule has 2 fully saturated rings. The number of piperidine rings is 1. The normalized spacial score (nSPS) is 23.1. The topological polar surface area (TPSA) is 124 Å². The molecule has 2 N–H and O–H groups in total. The van der Waals surface area contributed by atoms with Crippen molar-refractivity contribution in [3.8, 4) is 6.07 Å². The van der Waals surface area contributed by atoms with Crippen LogP contribution in [-0.4, -0.2) is 52.0 Å². The second-order valence-corrected chi connectivity index (χ2v) is 12.2. The molecule has 9 nitrogen and oxygen atoms in total. The maximum atomic E-state index is 13.8. The number of fused-ring (bicyclic) bond motifs is 2. The lowest BCUT2D eigenvalue weighted by atomic mass is 9.85. The number of carbonyl (C=O) groups excluding carboxylic acids is 3. The average molecular weight is 560 g/mol. The monoisotopic (exact) mass is 559 g/mol. The van der Waals surface area contributed by atoms with Crippen LogP contribution in [0.3, 0.4) is 0 Å². The molecule has 5 atom stereocenters. The third kappa shape index (κ3) is 4.93. The Kier molecular flexibility index (Phi) is 7.02. The number of amides is 3. The van der Waals surface area contributed by atoms with E-state index in [0.29, 0.717) is 16.5 Å². The van der Waals surface area contributed by atoms with Crippen molar-refractivity contribution in [2.45, 2.75) is 58.9 Å². The Morgan fingerprint density at radius 3 is 2.33 bits per heavy atom. The molecule has 12 heteroatoms. The third-order valence-corrected chi connectivity index (χ3v) is 8.32. The summed E-state index contributed by atoms with van der Waals surface area (Å²) >= 11 is 0. The molecular formula is C28H32F3N5O4. The Labute approximate surface area is 229 Å². The molecule has 0 radical (unpaired) electrons. The molecule has 0 bridgehead atoms. The Hall–Kier alpha value is -3.88. The van der Waals surface area contributed by atoms with E-state index in [2.05, 4.69) is 5.32 Å². The number of para-hydroxylation sites is 1. The van der Waals surface area contributed by atoms with Crippen LogP contribution in [0.4, 0.5) is 13.2 Å². The van der Waals surface area contributed by atoms with Gasteiger partial charge in [-0.25, -0.2) is 0 Å². The SMILES string of the molecule is Cn1c(=O)cc(C(C#N)NC(=O)[C@@H]2[C@@H]3[C@H](CN2C(=O)[C@@H](NC(=O)C(F)(F)F)C(C)(C)C)C3(C)C)c2ccccc21. The zero-order chi connectivity index (χ0) is 29.9. The fourth-order valence-electron chi connectivity index (χ4n) is 5.92. The van der Waals surface area contributed by atoms with Gasteiger partial charge in [-0.3, -0.25) is 19.2 Å². The van der Waals surface area contributed by atoms with Gasteiger partial charge in [0.1, 0.15) is 18.1 Å². The smallest absolute Gasteiger partial charge is 0.336 e. The maximum absolute atomic E-state index is 13.8. The van der Waals surface area contributed by atoms with Gasteiger partial charge in [0.15, 0.2) is 0 Å². The zero-order valence-electron chi connectivity index (χ0n) is 23.1. The number of aromatic nitrogens is 1. The summed E-state index contributed by atoms with van der Waals surface area (Å²) < 4.78 is 40.6. The van der Waals surface area contributed by atoms with Crippen molar-refractivity contribution in [2.75, 3.05) is 6.54 Å². The fraction of sp³-hybridized carbons (Fsp3) is 0.536. The van der Waals surface area contributed by atoms with Crippen molar-refractivity contribution in [3.05, 3.63) is 46.2 Å². The van der Waals surface area contributed by atoms with Crippen LogP contribution in [0.25, 0.3) is 10.9 Å². The van der Waals surface area contributed by atoms with Gasteiger partial charge in [-0.2, -0.15) is 18.4 Å². The summed E-state index contributed by atoms with van der Waals surface area (Å²) in [5.41, 5.74) is -0.934. The van der Waals surface area contributed by atoms with Gasteiger partial charge in [0.25, 0.3) is 5.56 Å². The number of carbonyl (C=O) groups is 3. The number of likely N-dealkylation sites (tertiary alicyclic amines) is 1. The number of halogens is 3. The van der Waals surface area contributed by atoms with Crippen LogP contribution in [0.2, 0.25) is 0 Å². The van der Waals surface area contributed by atoms with Gasteiger partial charge in [-0.15, -0.1) is 0 Å². The van der Waals surface area contributed by atoms with Gasteiger partial charge in [0.2, 0.25) is 11.8 Å². The molecule has 1 saturated carbocycles. The lowest BCUT2D eigenvalue weighted by Gasteiger charge is -2.37. The molecule has 4 rings (SSSR count). The van der Waals surface area contributed by atoms with Crippen molar-refractivity contribution < 1.29 is 27.6 Å². The molecular weight excluding hydrogens is 527 g/mol. The summed E-state index contributed by atoms with van der Waals surface area (Å²) in [6.45, 7) is 8.56. The molecule has 40 heavy (non-hydrogen) atoms. The number of rotatable bonds is 5. The van der Waals surface area contributed by atoms with Crippen LogP contribution < -0.4 is 16.2 Å². The quantitative estimate of drug-likeness (QED) is 0.583. The Morgan fingerprint density at radius 1 is 1.12 bits per heavy atom. The van der Waals surface area contributed by atoms with E-state index < -0.39 is 47.4 Å². The highest BCUT2D eigenvalue weighted by Gasteiger charge is 2.70. The Balaban J connectivity index is 1.67. The van der Waals surface area contributed by atoms with Crippen molar-refractivity contribution in [3.63, 3.8) is 0 Å². The van der Waals surface area contributed by atoms with Gasteiger partial charge in [-0.05, 0) is 28.7 Å². The molecule has 3 amide bonds. The first-order valence-electron chi connectivity index (χ1n) is 12.9. The summed E-state index contributed by atoms with van der Waals surface area (Å²) in [5.74, 6) is -4.08. The van der Waals surface area contributed by atoms with Crippen molar-refractivity contribution >= 4 is 28.6 Å². The van der Waals surface area contributed by atoms with E-state index in [1.165, 1.54) is 36.3 Å². The summed E-state index contributed by atoms with van der Waals surface area (Å²) in [4.78, 5) is 53.1. The first-order chi connectivity index (χ1) is 18.4. The maximum Gasteiger partial charge on any atom is 0.471 e. The molecule has 1 aromatic carbocycles. The molecule has 1 aliphatic carbocycles. The van der Waals surface area contributed by atoms with Crippen LogP contribution in [0, 0.1) is 34.0 Å². The minimum Gasteiger partial charge on any atom is -0.336 e. The van der Waals surface area contributed by atoms with E-state index in [9.17, 15) is 37.6 Å². The lowest BCUT2D eigenvalue weighted by Crippen LogP contribution is -2.60. The first-order valence-corrected chi connectivity index (χ1v) is 12.9. The molecule has 2 aliphatic rings. The fourth-order valence-corrected chi connectivity index (χ4v) is 5.92. The largest absolute Gasteiger partial charge is 0.471 e. The number of alkyl halides is 3. The second-order valence-electron chi connectivity index (χ2n) is 12.2. The van der Waals surface area contributed by atoms with Gasteiger partial charge in [0.05, 0.1) is 11.6 Å². The number of nitrogens with one attached hydrogen (secondary N) is 2. The highest BCUT2D eigenvalue weighted by atomic mass is 19.4. The number of nitrogens with zero attached hydrogens (tertiary/aromatic N) is 3. The number of pyridine rings is 1. The number of nitriles is 1. The lowest BCUT2D eigenvalue weighted by molar-refractivity contribution is -0.176. The van der Waals surface area contributed by atoms with Crippen molar-refractivity contribution in [1.29, 1.82) is 5.26 Å². The van der Waals surface area contributed by atoms with E-state index in [0.717, 1.165) is 0 Å². The highest BCUT2D eigenvalue weighted by molar-refractivity contribution is 5.95. The summed E-state index contributed by atoms with van der Waals surface area (Å²) in [6.07, 6.45) is -5.19. The van der Waals surface area contributed by atoms with E-state index in [4.69, 9.17) is 0 Å². The predicted octanol–water partition coefficient (Wildman–Crippen LogP) is 2.80. The molecule has 2 heterocycles. The first kappa shape index (κ1) is 29.1. The Bertz CT molecular complexity index is 1480. The van der Waals surface area contributed by atoms with Gasteiger partial charge in [-0.1, -0.05) is 52.8 Å². The summed E-state index contributed by atoms with van der Waals surface area (Å²) in [6, 6.07) is 6.37. The predicted molar refractivity (Wildman–Crippen MR) is 139 cm³/mol. The molecule has 214 valence electrons. The minimum absolute atomic E-state index is 0.0866. The van der Waals surface area contributed by atoms with E-state index >= 15 is 0 Å². The number of hydrogen-bond acceptors (Lipinski definition) is 5. The van der Waals surface area contributed by atoms with E-state index in [-0.39, 0.29) is 29.4 Å². The molecule has 1 unspecified atom stereocenters. The van der Waals surface area contributed by atoms with E-state index in [1.807, 2.05) is 25.2 Å². The highest BCUT2D eigenvalue weighted by Crippen LogP contribution is 2.65. The molecule has 0 spiro atoms. The van der Waals surface area contributed by atoms with Crippen molar-refractivity contribution in [1.82, 2.24) is 20.1 Å². The number of hydrogen-bond donors (Lipinski definition) is 2. The molecule has 2 aromatic rings. The number of benzene rings is 1. The van der Waals surface area contributed by atoms with Crippen LogP contribution in [0.15, 0.2) is 35.1 Å². The number of aryl methyl sites for hydroxylation is 1. The van der Waals surface area contributed by atoms with Gasteiger partial charge < -0.3 is 20.1 Å². The zero-order valence-corrected chi connectivity index (χ0v) is 23.1. The summed E-state index contributed by atoms with van der Waals surface area (Å²) in [7, 11) is 1.59. The van der Waals surface area contributed by atoms with Crippen LogP contribution in [-0.2, 0) is 21.4 Å². The third-order valence-electron chi connectivity index (χ3n) is 8.32. The molecule has 1 aromatic heterocycles. The van der Waals surface area contributed by atoms with Gasteiger partial charge >= 0.3 is 12.1 Å². The summed E-state index contributed by atoms with van der Waals surface area (Å²) in [5, 5.41) is 15.1. The van der Waals surface area contributed by atoms with Crippen LogP contribution in [0.5, 0.6) is 0 Å². The average Bonchev–Trinajstić information content (AvgIpc) is 3.19. The Morgan fingerprint density at radius 2 is 1.75 bits per heavy atom. The minimum atomic E-state index is -5.19.